The minimum absolute atomic E-state index is 0.169. The highest BCUT2D eigenvalue weighted by molar-refractivity contribution is 9.10. The molecular weight excluding hydrogens is 320 g/mol. The summed E-state index contributed by atoms with van der Waals surface area (Å²) < 4.78 is 1.12. The van der Waals surface area contributed by atoms with Gasteiger partial charge in [0, 0.05) is 28.1 Å². The largest absolute Gasteiger partial charge is 0.327 e. The van der Waals surface area contributed by atoms with Gasteiger partial charge >= 0.3 is 0 Å². The molecule has 1 aromatic carbocycles. The van der Waals surface area contributed by atoms with Gasteiger partial charge in [-0.3, -0.25) is 0 Å². The topological polar surface area (TPSA) is 29.3 Å². The second-order valence-corrected chi connectivity index (χ2v) is 6.89. The molecule has 0 spiro atoms. The van der Waals surface area contributed by atoms with Crippen molar-refractivity contribution in [1.29, 1.82) is 0 Å². The molecule has 4 heteroatoms. The van der Waals surface area contributed by atoms with E-state index in [1.807, 2.05) is 11.8 Å². The van der Waals surface area contributed by atoms with Crippen LogP contribution < -0.4 is 5.73 Å². The van der Waals surface area contributed by atoms with Crippen LogP contribution in [-0.4, -0.2) is 36.3 Å². The van der Waals surface area contributed by atoms with Crippen molar-refractivity contribution >= 4 is 27.7 Å². The number of thioether (sulfide) groups is 1. The van der Waals surface area contributed by atoms with Crippen LogP contribution in [0.3, 0.4) is 0 Å². The monoisotopic (exact) mass is 344 g/mol. The van der Waals surface area contributed by atoms with Crippen molar-refractivity contribution in [2.45, 2.75) is 32.1 Å². The number of benzene rings is 1. The highest BCUT2D eigenvalue weighted by Gasteiger charge is 2.16. The summed E-state index contributed by atoms with van der Waals surface area (Å²) in [5.74, 6) is 1.13. The summed E-state index contributed by atoms with van der Waals surface area (Å²) >= 11 is 5.44. The maximum absolute atomic E-state index is 6.14. The number of hydrogen-bond donors (Lipinski definition) is 1. The molecule has 2 unspecified atom stereocenters. The summed E-state index contributed by atoms with van der Waals surface area (Å²) in [5, 5.41) is 0.378. The minimum Gasteiger partial charge on any atom is -0.327 e. The zero-order chi connectivity index (χ0) is 14.3. The first kappa shape index (κ1) is 17.0. The van der Waals surface area contributed by atoms with Crippen molar-refractivity contribution < 1.29 is 0 Å². The van der Waals surface area contributed by atoms with Crippen molar-refractivity contribution in [2.24, 2.45) is 5.73 Å². The van der Waals surface area contributed by atoms with Gasteiger partial charge in [-0.05, 0) is 37.7 Å². The molecule has 0 saturated carbocycles. The summed E-state index contributed by atoms with van der Waals surface area (Å²) in [5.41, 5.74) is 7.46. The van der Waals surface area contributed by atoms with Gasteiger partial charge in [0.2, 0.25) is 0 Å². The first-order chi connectivity index (χ1) is 9.08. The van der Waals surface area contributed by atoms with Crippen molar-refractivity contribution in [1.82, 2.24) is 4.90 Å². The van der Waals surface area contributed by atoms with Crippen LogP contribution in [0.1, 0.15) is 31.6 Å². The summed E-state index contributed by atoms with van der Waals surface area (Å²) in [6.45, 7) is 9.91. The Hall–Kier alpha value is -0.0300. The van der Waals surface area contributed by atoms with E-state index in [0.29, 0.717) is 5.25 Å². The Morgan fingerprint density at radius 1 is 1.21 bits per heavy atom. The molecule has 0 aromatic heterocycles. The Morgan fingerprint density at radius 2 is 1.79 bits per heavy atom. The fourth-order valence-electron chi connectivity index (χ4n) is 2.05. The first-order valence-corrected chi connectivity index (χ1v) is 8.77. The average Bonchev–Trinajstić information content (AvgIpc) is 2.40. The van der Waals surface area contributed by atoms with E-state index in [0.717, 1.165) is 29.9 Å². The second kappa shape index (κ2) is 9.01. The molecule has 0 fully saturated rings. The SMILES string of the molecule is CCN(CC)CCSC(c1ccc(Br)cc1)C(C)N. The molecule has 0 amide bonds. The van der Waals surface area contributed by atoms with Gasteiger partial charge in [0.05, 0.1) is 0 Å². The molecule has 0 aliphatic rings. The second-order valence-electron chi connectivity index (χ2n) is 4.73. The zero-order valence-corrected chi connectivity index (χ0v) is 14.5. The molecule has 2 N–H and O–H groups in total. The van der Waals surface area contributed by atoms with E-state index >= 15 is 0 Å². The van der Waals surface area contributed by atoms with Crippen LogP contribution in [0.15, 0.2) is 28.7 Å². The lowest BCUT2D eigenvalue weighted by Crippen LogP contribution is -2.27. The molecule has 108 valence electrons. The van der Waals surface area contributed by atoms with E-state index in [9.17, 15) is 0 Å². The van der Waals surface area contributed by atoms with Gasteiger partial charge in [-0.25, -0.2) is 0 Å². The molecule has 0 aliphatic heterocycles. The molecule has 19 heavy (non-hydrogen) atoms. The molecule has 2 nitrogen and oxygen atoms in total. The van der Waals surface area contributed by atoms with Gasteiger partial charge in [-0.1, -0.05) is 41.9 Å². The van der Waals surface area contributed by atoms with Gasteiger partial charge in [-0.2, -0.15) is 11.8 Å². The Bertz CT molecular complexity index is 350. The summed E-state index contributed by atoms with van der Waals surface area (Å²) in [6, 6.07) is 8.69. The third-order valence-corrected chi connectivity index (χ3v) is 5.28. The standard InChI is InChI=1S/C15H25BrN2S/c1-4-18(5-2)10-11-19-15(12(3)17)13-6-8-14(16)9-7-13/h6-9,12,15H,4-5,10-11,17H2,1-3H3. The van der Waals surface area contributed by atoms with Gasteiger partial charge < -0.3 is 10.6 Å². The van der Waals surface area contributed by atoms with E-state index in [1.54, 1.807) is 0 Å². The number of halogens is 1. The van der Waals surface area contributed by atoms with E-state index < -0.39 is 0 Å². The normalized spacial score (nSPS) is 14.6. The Kier molecular flexibility index (Phi) is 8.07. The van der Waals surface area contributed by atoms with Gasteiger partial charge in [0.1, 0.15) is 0 Å². The van der Waals surface area contributed by atoms with E-state index in [2.05, 4.69) is 65.9 Å². The van der Waals surface area contributed by atoms with Crippen LogP contribution in [0.5, 0.6) is 0 Å². The summed E-state index contributed by atoms with van der Waals surface area (Å²) in [6.07, 6.45) is 0. The predicted molar refractivity (Wildman–Crippen MR) is 90.8 cm³/mol. The minimum atomic E-state index is 0.169. The van der Waals surface area contributed by atoms with Crippen LogP contribution in [0.4, 0.5) is 0 Å². The Labute approximate surface area is 130 Å². The predicted octanol–water partition coefficient (Wildman–Crippen LogP) is 3.91. The van der Waals surface area contributed by atoms with Crippen molar-refractivity contribution in [3.63, 3.8) is 0 Å². The number of nitrogens with two attached hydrogens (primary N) is 1. The first-order valence-electron chi connectivity index (χ1n) is 6.93. The maximum atomic E-state index is 6.14. The molecule has 1 aromatic rings. The molecule has 0 heterocycles. The third-order valence-electron chi connectivity index (χ3n) is 3.28. The number of nitrogens with zero attached hydrogens (tertiary/aromatic N) is 1. The Morgan fingerprint density at radius 3 is 2.26 bits per heavy atom. The van der Waals surface area contributed by atoms with Crippen molar-refractivity contribution in [2.75, 3.05) is 25.4 Å². The number of hydrogen-bond acceptors (Lipinski definition) is 3. The van der Waals surface area contributed by atoms with E-state index in [1.165, 1.54) is 5.56 Å². The van der Waals surface area contributed by atoms with Gasteiger partial charge in [0.15, 0.2) is 0 Å². The highest BCUT2D eigenvalue weighted by Crippen LogP contribution is 2.31. The maximum Gasteiger partial charge on any atom is 0.0446 e. The lowest BCUT2D eigenvalue weighted by atomic mass is 10.1. The van der Waals surface area contributed by atoms with Crippen molar-refractivity contribution in [3.8, 4) is 0 Å². The molecule has 0 bridgehead atoms. The Balaban J connectivity index is 2.56. The van der Waals surface area contributed by atoms with Gasteiger partial charge in [0.25, 0.3) is 0 Å². The summed E-state index contributed by atoms with van der Waals surface area (Å²) in [7, 11) is 0. The van der Waals surface area contributed by atoms with Crippen LogP contribution in [0, 0.1) is 0 Å². The fourth-order valence-corrected chi connectivity index (χ4v) is 3.59. The highest BCUT2D eigenvalue weighted by atomic mass is 79.9. The lowest BCUT2D eigenvalue weighted by molar-refractivity contribution is 0.323. The van der Waals surface area contributed by atoms with Crippen LogP contribution >= 0.6 is 27.7 Å². The zero-order valence-electron chi connectivity index (χ0n) is 12.1. The molecule has 1 rings (SSSR count). The third kappa shape index (κ3) is 5.86. The fraction of sp³-hybridized carbons (Fsp3) is 0.600. The molecule has 0 aliphatic carbocycles. The van der Waals surface area contributed by atoms with Crippen LogP contribution in [0.2, 0.25) is 0 Å². The molecule has 0 radical (unpaired) electrons. The van der Waals surface area contributed by atoms with Gasteiger partial charge in [-0.15, -0.1) is 0 Å². The van der Waals surface area contributed by atoms with E-state index in [-0.39, 0.29) is 6.04 Å². The lowest BCUT2D eigenvalue weighted by Gasteiger charge is -2.23. The summed E-state index contributed by atoms with van der Waals surface area (Å²) in [4.78, 5) is 2.45. The van der Waals surface area contributed by atoms with Crippen molar-refractivity contribution in [3.05, 3.63) is 34.3 Å². The molecular formula is C15H25BrN2S. The van der Waals surface area contributed by atoms with Crippen LogP contribution in [-0.2, 0) is 0 Å². The van der Waals surface area contributed by atoms with Crippen LogP contribution in [0.25, 0.3) is 0 Å². The molecule has 2 atom stereocenters. The quantitative estimate of drug-likeness (QED) is 0.775. The smallest absolute Gasteiger partial charge is 0.0446 e. The molecule has 0 saturated heterocycles. The average molecular weight is 345 g/mol. The number of rotatable bonds is 8. The van der Waals surface area contributed by atoms with E-state index in [4.69, 9.17) is 5.73 Å².